The number of hydrogen-bond acceptors (Lipinski definition) is 1. The summed E-state index contributed by atoms with van der Waals surface area (Å²) < 4.78 is 0. The van der Waals surface area contributed by atoms with Crippen LogP contribution in [0.25, 0.3) is 0 Å². The molecule has 58 valence electrons. The fraction of sp³-hybridized carbons (Fsp3) is 1.00. The summed E-state index contributed by atoms with van der Waals surface area (Å²) in [7, 11) is 0. The van der Waals surface area contributed by atoms with E-state index in [1.807, 2.05) is 0 Å². The fourth-order valence-electron chi connectivity index (χ4n) is 2.13. The number of nitrogens with one attached hydrogen (secondary N) is 1. The summed E-state index contributed by atoms with van der Waals surface area (Å²) >= 11 is 0. The third kappa shape index (κ3) is 1.07. The predicted molar refractivity (Wildman–Crippen MR) is 42.9 cm³/mol. The second kappa shape index (κ2) is 2.54. The van der Waals surface area contributed by atoms with E-state index in [2.05, 4.69) is 12.2 Å². The van der Waals surface area contributed by atoms with E-state index in [9.17, 15) is 0 Å². The van der Waals surface area contributed by atoms with Gasteiger partial charge in [-0.15, -0.1) is 0 Å². The maximum Gasteiger partial charge on any atom is 0.00979 e. The molecule has 0 radical (unpaired) electrons. The molecule has 10 heavy (non-hydrogen) atoms. The smallest absolute Gasteiger partial charge is 0.00979 e. The summed E-state index contributed by atoms with van der Waals surface area (Å²) in [4.78, 5) is 0. The molecule has 0 aromatic rings. The first-order chi connectivity index (χ1) is 4.92. The summed E-state index contributed by atoms with van der Waals surface area (Å²) in [6.07, 6.45) is 5.98. The lowest BCUT2D eigenvalue weighted by Gasteiger charge is -2.37. The highest BCUT2D eigenvalue weighted by molar-refractivity contribution is 4.95. The van der Waals surface area contributed by atoms with Crippen LogP contribution in [-0.2, 0) is 0 Å². The van der Waals surface area contributed by atoms with Gasteiger partial charge in [0.05, 0.1) is 0 Å². The Labute approximate surface area is 63.2 Å². The van der Waals surface area contributed by atoms with Crippen molar-refractivity contribution in [2.45, 2.75) is 38.6 Å². The van der Waals surface area contributed by atoms with Crippen molar-refractivity contribution in [2.75, 3.05) is 6.54 Å². The molecule has 2 rings (SSSR count). The van der Waals surface area contributed by atoms with E-state index in [1.165, 1.54) is 25.7 Å². The lowest BCUT2D eigenvalue weighted by molar-refractivity contribution is 0.186. The molecule has 2 unspecified atom stereocenters. The largest absolute Gasteiger partial charge is 0.314 e. The maximum absolute atomic E-state index is 3.55. The molecule has 2 aliphatic rings. The first kappa shape index (κ1) is 6.66. The van der Waals surface area contributed by atoms with Gasteiger partial charge in [0.15, 0.2) is 0 Å². The van der Waals surface area contributed by atoms with Crippen molar-refractivity contribution in [2.24, 2.45) is 11.8 Å². The SMILES string of the molecule is CCNC1CCC1C1CC1. The summed E-state index contributed by atoms with van der Waals surface area (Å²) in [5.41, 5.74) is 0. The highest BCUT2D eigenvalue weighted by Gasteiger charge is 2.41. The Bertz CT molecular complexity index is 118. The Morgan fingerprint density at radius 3 is 2.40 bits per heavy atom. The van der Waals surface area contributed by atoms with Crippen LogP contribution >= 0.6 is 0 Å². The Kier molecular flexibility index (Phi) is 1.69. The molecule has 2 saturated carbocycles. The van der Waals surface area contributed by atoms with Gasteiger partial charge in [-0.3, -0.25) is 0 Å². The van der Waals surface area contributed by atoms with Crippen molar-refractivity contribution in [3.63, 3.8) is 0 Å². The monoisotopic (exact) mass is 139 g/mol. The van der Waals surface area contributed by atoms with Crippen LogP contribution in [0.5, 0.6) is 0 Å². The molecule has 0 aliphatic heterocycles. The second-order valence-corrected chi connectivity index (χ2v) is 3.74. The molecule has 2 atom stereocenters. The van der Waals surface area contributed by atoms with Crippen LogP contribution in [0, 0.1) is 11.8 Å². The summed E-state index contributed by atoms with van der Waals surface area (Å²) in [5, 5.41) is 3.55. The van der Waals surface area contributed by atoms with Crippen molar-refractivity contribution in [3.8, 4) is 0 Å². The molecule has 0 saturated heterocycles. The lowest BCUT2D eigenvalue weighted by Crippen LogP contribution is -2.44. The van der Waals surface area contributed by atoms with Crippen LogP contribution in [-0.4, -0.2) is 12.6 Å². The topological polar surface area (TPSA) is 12.0 Å². The van der Waals surface area contributed by atoms with Gasteiger partial charge in [-0.25, -0.2) is 0 Å². The van der Waals surface area contributed by atoms with E-state index in [0.717, 1.165) is 24.4 Å². The van der Waals surface area contributed by atoms with Gasteiger partial charge in [0.25, 0.3) is 0 Å². The summed E-state index contributed by atoms with van der Waals surface area (Å²) in [6, 6.07) is 0.900. The fourth-order valence-corrected chi connectivity index (χ4v) is 2.13. The Balaban J connectivity index is 1.76. The van der Waals surface area contributed by atoms with E-state index >= 15 is 0 Å². The zero-order valence-electron chi connectivity index (χ0n) is 6.77. The zero-order valence-corrected chi connectivity index (χ0v) is 6.77. The average molecular weight is 139 g/mol. The first-order valence-corrected chi connectivity index (χ1v) is 4.65. The zero-order chi connectivity index (χ0) is 6.97. The average Bonchev–Trinajstić information content (AvgIpc) is 2.64. The molecular weight excluding hydrogens is 122 g/mol. The lowest BCUT2D eigenvalue weighted by atomic mass is 9.76. The highest BCUT2D eigenvalue weighted by Crippen LogP contribution is 2.46. The molecule has 1 N–H and O–H groups in total. The number of rotatable bonds is 3. The molecular formula is C9H17N. The minimum Gasteiger partial charge on any atom is -0.314 e. The van der Waals surface area contributed by atoms with Crippen molar-refractivity contribution in [1.29, 1.82) is 0 Å². The van der Waals surface area contributed by atoms with Gasteiger partial charge in [-0.05, 0) is 44.1 Å². The van der Waals surface area contributed by atoms with Gasteiger partial charge in [-0.1, -0.05) is 6.92 Å². The van der Waals surface area contributed by atoms with Crippen LogP contribution in [0.15, 0.2) is 0 Å². The van der Waals surface area contributed by atoms with Crippen molar-refractivity contribution >= 4 is 0 Å². The van der Waals surface area contributed by atoms with Crippen LogP contribution in [0.4, 0.5) is 0 Å². The molecule has 2 aliphatic carbocycles. The maximum atomic E-state index is 3.55. The second-order valence-electron chi connectivity index (χ2n) is 3.74. The molecule has 0 bridgehead atoms. The minimum absolute atomic E-state index is 0.900. The Morgan fingerprint density at radius 1 is 1.20 bits per heavy atom. The van der Waals surface area contributed by atoms with Gasteiger partial charge < -0.3 is 5.32 Å². The molecule has 0 heterocycles. The van der Waals surface area contributed by atoms with E-state index in [0.29, 0.717) is 0 Å². The summed E-state index contributed by atoms with van der Waals surface area (Å²) in [6.45, 7) is 3.37. The van der Waals surface area contributed by atoms with Gasteiger partial charge in [0.1, 0.15) is 0 Å². The molecule has 0 aromatic heterocycles. The predicted octanol–water partition coefficient (Wildman–Crippen LogP) is 1.78. The molecule has 2 fully saturated rings. The molecule has 0 spiro atoms. The Morgan fingerprint density at radius 2 is 2.00 bits per heavy atom. The van der Waals surface area contributed by atoms with Crippen LogP contribution < -0.4 is 5.32 Å². The standard InChI is InChI=1S/C9H17N/c1-2-10-9-6-5-8(9)7-3-4-7/h7-10H,2-6H2,1H3. The van der Waals surface area contributed by atoms with Gasteiger partial charge in [0.2, 0.25) is 0 Å². The van der Waals surface area contributed by atoms with Crippen molar-refractivity contribution in [1.82, 2.24) is 5.32 Å². The molecule has 1 heteroatoms. The van der Waals surface area contributed by atoms with E-state index in [1.54, 1.807) is 0 Å². The highest BCUT2D eigenvalue weighted by atomic mass is 14.9. The molecule has 0 amide bonds. The van der Waals surface area contributed by atoms with E-state index in [-0.39, 0.29) is 0 Å². The van der Waals surface area contributed by atoms with E-state index in [4.69, 9.17) is 0 Å². The van der Waals surface area contributed by atoms with Crippen LogP contribution in [0.3, 0.4) is 0 Å². The third-order valence-electron chi connectivity index (χ3n) is 3.02. The van der Waals surface area contributed by atoms with Crippen molar-refractivity contribution in [3.05, 3.63) is 0 Å². The van der Waals surface area contributed by atoms with Gasteiger partial charge >= 0.3 is 0 Å². The minimum atomic E-state index is 0.900. The molecule has 1 nitrogen and oxygen atoms in total. The molecule has 0 aromatic carbocycles. The third-order valence-corrected chi connectivity index (χ3v) is 3.02. The van der Waals surface area contributed by atoms with E-state index < -0.39 is 0 Å². The first-order valence-electron chi connectivity index (χ1n) is 4.65. The van der Waals surface area contributed by atoms with Gasteiger partial charge in [-0.2, -0.15) is 0 Å². The normalized spacial score (nSPS) is 39.3. The number of hydrogen-bond donors (Lipinski definition) is 1. The van der Waals surface area contributed by atoms with Gasteiger partial charge in [0, 0.05) is 6.04 Å². The van der Waals surface area contributed by atoms with Crippen LogP contribution in [0.1, 0.15) is 32.6 Å². The summed E-state index contributed by atoms with van der Waals surface area (Å²) in [5.74, 6) is 2.19. The quantitative estimate of drug-likeness (QED) is 0.628. The van der Waals surface area contributed by atoms with Crippen molar-refractivity contribution < 1.29 is 0 Å². The van der Waals surface area contributed by atoms with Crippen LogP contribution in [0.2, 0.25) is 0 Å². The Hall–Kier alpha value is -0.0400.